The summed E-state index contributed by atoms with van der Waals surface area (Å²) in [4.78, 5) is 20.1. The number of nitrogens with zero attached hydrogens (tertiary/aromatic N) is 7. The normalized spacial score (nSPS) is 20.6. The van der Waals surface area contributed by atoms with Crippen molar-refractivity contribution in [2.45, 2.75) is 19.0 Å². The van der Waals surface area contributed by atoms with Gasteiger partial charge in [-0.3, -0.25) is 9.69 Å². The number of carbonyl (C=O) groups excluding carboxylic acids is 1. The number of aryl methyl sites for hydroxylation is 1. The van der Waals surface area contributed by atoms with Crippen LogP contribution in [-0.2, 0) is 13.6 Å². The molecule has 0 spiro atoms. The fourth-order valence-electron chi connectivity index (χ4n) is 4.49. The number of hydrogen-bond acceptors (Lipinski definition) is 8. The van der Waals surface area contributed by atoms with Crippen molar-refractivity contribution in [3.63, 3.8) is 0 Å². The smallest absolute Gasteiger partial charge is 0.257 e. The Kier molecular flexibility index (Phi) is 3.87. The zero-order chi connectivity index (χ0) is 21.1. The Morgan fingerprint density at radius 3 is 3.03 bits per heavy atom. The highest BCUT2D eigenvalue weighted by molar-refractivity contribution is 6.00. The summed E-state index contributed by atoms with van der Waals surface area (Å²) in [7, 11) is 3.71. The van der Waals surface area contributed by atoms with Gasteiger partial charge in [0.25, 0.3) is 5.91 Å². The van der Waals surface area contributed by atoms with E-state index in [2.05, 4.69) is 48.4 Å². The van der Waals surface area contributed by atoms with E-state index < -0.39 is 0 Å². The second kappa shape index (κ2) is 6.64. The average molecular weight is 418 g/mol. The van der Waals surface area contributed by atoms with Gasteiger partial charge >= 0.3 is 0 Å². The van der Waals surface area contributed by atoms with Crippen molar-refractivity contribution in [2.24, 2.45) is 7.05 Å². The van der Waals surface area contributed by atoms with Crippen LogP contribution in [0.25, 0.3) is 16.7 Å². The zero-order valence-electron chi connectivity index (χ0n) is 17.3. The summed E-state index contributed by atoms with van der Waals surface area (Å²) in [6, 6.07) is 6.19. The second-order valence-electron chi connectivity index (χ2n) is 8.11. The summed E-state index contributed by atoms with van der Waals surface area (Å²) in [6.07, 6.45) is 2.48. The minimum atomic E-state index is -0.152. The fraction of sp³-hybridized carbons (Fsp3) is 0.350. The van der Waals surface area contributed by atoms with Crippen LogP contribution in [0.2, 0.25) is 0 Å². The van der Waals surface area contributed by atoms with Gasteiger partial charge in [0, 0.05) is 45.8 Å². The van der Waals surface area contributed by atoms with Gasteiger partial charge in [0.15, 0.2) is 5.65 Å². The van der Waals surface area contributed by atoms with Crippen molar-refractivity contribution in [2.75, 3.05) is 30.8 Å². The molecule has 1 saturated heterocycles. The summed E-state index contributed by atoms with van der Waals surface area (Å²) >= 11 is 0. The lowest BCUT2D eigenvalue weighted by Gasteiger charge is -2.18. The quantitative estimate of drug-likeness (QED) is 0.421. The third-order valence-electron chi connectivity index (χ3n) is 6.03. The van der Waals surface area contributed by atoms with Crippen molar-refractivity contribution in [3.05, 3.63) is 35.5 Å². The summed E-state index contributed by atoms with van der Waals surface area (Å²) in [5, 5.41) is 22.6. The van der Waals surface area contributed by atoms with E-state index in [4.69, 9.17) is 4.98 Å². The molecule has 1 amide bonds. The monoisotopic (exact) mass is 418 g/mol. The van der Waals surface area contributed by atoms with E-state index in [1.165, 1.54) is 0 Å². The molecule has 31 heavy (non-hydrogen) atoms. The molecule has 158 valence electrons. The van der Waals surface area contributed by atoms with E-state index >= 15 is 0 Å². The van der Waals surface area contributed by atoms with Gasteiger partial charge in [-0.25, -0.2) is 9.67 Å². The van der Waals surface area contributed by atoms with Gasteiger partial charge < -0.3 is 16.0 Å². The third-order valence-corrected chi connectivity index (χ3v) is 6.03. The van der Waals surface area contributed by atoms with Gasteiger partial charge in [-0.05, 0) is 24.1 Å². The number of rotatable bonds is 1. The minimum Gasteiger partial charge on any atom is -0.373 e. The van der Waals surface area contributed by atoms with Crippen LogP contribution in [0.1, 0.15) is 22.3 Å². The molecule has 5 heterocycles. The first-order valence-corrected chi connectivity index (χ1v) is 10.3. The fourth-order valence-corrected chi connectivity index (χ4v) is 4.49. The van der Waals surface area contributed by atoms with E-state index in [1.54, 1.807) is 15.4 Å². The topological polar surface area (TPSA) is 117 Å². The Hall–Kier alpha value is -3.73. The van der Waals surface area contributed by atoms with E-state index in [0.717, 1.165) is 54.2 Å². The van der Waals surface area contributed by atoms with Crippen molar-refractivity contribution < 1.29 is 4.79 Å². The molecule has 0 radical (unpaired) electrons. The molecular formula is C20H22N10O. The SMILES string of the molecule is CNc1cc2nc3c(cnn13)C(=O)N[C@H]1CCN(Cc3cc(c4nnn(C)c4c3)N2)C1. The number of carbonyl (C=O) groups is 1. The van der Waals surface area contributed by atoms with Crippen molar-refractivity contribution >= 4 is 39.9 Å². The molecular weight excluding hydrogens is 396 g/mol. The molecule has 0 aliphatic carbocycles. The Morgan fingerprint density at radius 1 is 1.26 bits per heavy atom. The number of fused-ring (bicyclic) bond motifs is 7. The molecule has 11 nitrogen and oxygen atoms in total. The van der Waals surface area contributed by atoms with Crippen LogP contribution in [-0.4, -0.2) is 66.6 Å². The standard InChI is InChI=1S/C20H22N10O/c1-21-17-7-16-24-14-5-11(6-15-18(14)26-27-28(15)2)9-29-4-3-12(10-29)23-20(31)13-8-22-30(17)19(13)25-16/h5-8,12,21H,3-4,9-10H2,1-2H3,(H,23,31)(H,24,25)/t12-/m0/s1. The highest BCUT2D eigenvalue weighted by Gasteiger charge is 2.27. The molecule has 6 rings (SSSR count). The molecule has 1 unspecified atom stereocenters. The Bertz CT molecular complexity index is 1340. The maximum atomic E-state index is 13.0. The molecule has 1 aromatic carbocycles. The van der Waals surface area contributed by atoms with E-state index in [-0.39, 0.29) is 11.9 Å². The lowest BCUT2D eigenvalue weighted by Crippen LogP contribution is -2.37. The molecule has 0 saturated carbocycles. The maximum Gasteiger partial charge on any atom is 0.257 e. The van der Waals surface area contributed by atoms with Crippen LogP contribution >= 0.6 is 0 Å². The first kappa shape index (κ1) is 18.1. The predicted octanol–water partition coefficient (Wildman–Crippen LogP) is 1.11. The summed E-state index contributed by atoms with van der Waals surface area (Å²) in [6.45, 7) is 2.51. The van der Waals surface area contributed by atoms with Gasteiger partial charge in [-0.2, -0.15) is 9.61 Å². The Morgan fingerprint density at radius 2 is 2.16 bits per heavy atom. The average Bonchev–Trinajstić information content (AvgIpc) is 3.46. The van der Waals surface area contributed by atoms with E-state index in [1.807, 2.05) is 20.2 Å². The van der Waals surface area contributed by atoms with Crippen LogP contribution < -0.4 is 16.0 Å². The Labute approximate surface area is 177 Å². The van der Waals surface area contributed by atoms with Gasteiger partial charge in [0.1, 0.15) is 22.7 Å². The van der Waals surface area contributed by atoms with E-state index in [9.17, 15) is 4.79 Å². The molecule has 2 atom stereocenters. The summed E-state index contributed by atoms with van der Waals surface area (Å²) < 4.78 is 3.42. The predicted molar refractivity (Wildman–Crippen MR) is 115 cm³/mol. The van der Waals surface area contributed by atoms with Crippen LogP contribution in [0.15, 0.2) is 24.4 Å². The molecule has 3 N–H and O–H groups in total. The third kappa shape index (κ3) is 2.88. The lowest BCUT2D eigenvalue weighted by molar-refractivity contribution is 0.0939. The molecule has 2 aliphatic heterocycles. The molecule has 6 bridgehead atoms. The molecule has 4 aromatic rings. The molecule has 11 heteroatoms. The van der Waals surface area contributed by atoms with Crippen LogP contribution in [0, 0.1) is 0 Å². The first-order valence-electron chi connectivity index (χ1n) is 10.3. The summed E-state index contributed by atoms with van der Waals surface area (Å²) in [5.74, 6) is 1.16. The van der Waals surface area contributed by atoms with Gasteiger partial charge in [-0.1, -0.05) is 5.21 Å². The Balaban J connectivity index is 1.58. The van der Waals surface area contributed by atoms with E-state index in [0.29, 0.717) is 17.0 Å². The summed E-state index contributed by atoms with van der Waals surface area (Å²) in [5.41, 5.74) is 4.66. The van der Waals surface area contributed by atoms with Gasteiger partial charge in [0.2, 0.25) is 0 Å². The first-order chi connectivity index (χ1) is 15.1. The zero-order valence-corrected chi connectivity index (χ0v) is 17.3. The second-order valence-corrected chi connectivity index (χ2v) is 8.11. The van der Waals surface area contributed by atoms with Crippen molar-refractivity contribution in [3.8, 4) is 0 Å². The lowest BCUT2D eigenvalue weighted by atomic mass is 10.1. The molecule has 3 aromatic heterocycles. The maximum absolute atomic E-state index is 13.0. The molecule has 1 fully saturated rings. The molecule has 2 aliphatic rings. The van der Waals surface area contributed by atoms with Gasteiger partial charge in [-0.15, -0.1) is 5.10 Å². The van der Waals surface area contributed by atoms with Gasteiger partial charge in [0.05, 0.1) is 17.4 Å². The highest BCUT2D eigenvalue weighted by Crippen LogP contribution is 2.29. The van der Waals surface area contributed by atoms with Crippen molar-refractivity contribution in [1.29, 1.82) is 0 Å². The van der Waals surface area contributed by atoms with Crippen LogP contribution in [0.3, 0.4) is 0 Å². The number of hydrogen-bond donors (Lipinski definition) is 3. The van der Waals surface area contributed by atoms with Crippen molar-refractivity contribution in [1.82, 2.24) is 39.8 Å². The highest BCUT2D eigenvalue weighted by atomic mass is 16.1. The minimum absolute atomic E-state index is 0.0945. The van der Waals surface area contributed by atoms with Crippen LogP contribution in [0.4, 0.5) is 17.3 Å². The number of benzene rings is 1. The largest absolute Gasteiger partial charge is 0.373 e. The number of aromatic nitrogens is 6. The van der Waals surface area contributed by atoms with Crippen LogP contribution in [0.5, 0.6) is 0 Å². The number of amides is 1. The number of nitrogens with one attached hydrogen (secondary N) is 3. The number of anilines is 3.